The van der Waals surface area contributed by atoms with Crippen LogP contribution in [0.4, 0.5) is 0 Å². The average molecular weight is 313 g/mol. The van der Waals surface area contributed by atoms with Gasteiger partial charge in [0.25, 0.3) is 0 Å². The fourth-order valence-electron chi connectivity index (χ4n) is 3.95. The Kier molecular flexibility index (Phi) is 3.62. The molecule has 0 amide bonds. The Morgan fingerprint density at radius 2 is 2.24 bits per heavy atom. The van der Waals surface area contributed by atoms with Crippen molar-refractivity contribution < 1.29 is 13.5 Å². The van der Waals surface area contributed by atoms with Gasteiger partial charge in [-0.15, -0.1) is 0 Å². The lowest BCUT2D eigenvalue weighted by Crippen LogP contribution is -2.44. The molecule has 1 saturated heterocycles. The van der Waals surface area contributed by atoms with Gasteiger partial charge in [0.1, 0.15) is 11.4 Å². The Morgan fingerprint density at radius 1 is 1.48 bits per heavy atom. The number of aliphatic hydroxyl groups is 1. The summed E-state index contributed by atoms with van der Waals surface area (Å²) in [5, 5.41) is 11.2. The Bertz CT molecular complexity index is 627. The van der Waals surface area contributed by atoms with Gasteiger partial charge in [-0.2, -0.15) is 0 Å². The van der Waals surface area contributed by atoms with E-state index in [1.165, 1.54) is 0 Å². The third-order valence-corrected chi connectivity index (χ3v) is 6.93. The summed E-state index contributed by atoms with van der Waals surface area (Å²) in [6.07, 6.45) is 6.05. The fraction of sp³-hybridized carbons (Fsp3) is 0.786. The standard InChI is InChI=1S/C14H23N3O3S/c1-3-21(19,20)17-9-11-5-4-6-14(18,12(11)10-17)13-15-7-8-16(13)2/h7-8,11-12,18H,3-6,9-10H2,1-2H3/t11-,12+,14+/m0/s1. The first-order chi connectivity index (χ1) is 9.88. The number of aromatic nitrogens is 2. The van der Waals surface area contributed by atoms with Crippen molar-refractivity contribution in [1.82, 2.24) is 13.9 Å². The molecule has 1 saturated carbocycles. The van der Waals surface area contributed by atoms with Crippen LogP contribution < -0.4 is 0 Å². The van der Waals surface area contributed by atoms with Crippen LogP contribution in [0.25, 0.3) is 0 Å². The number of sulfonamides is 1. The molecule has 1 aliphatic heterocycles. The first kappa shape index (κ1) is 15.0. The highest BCUT2D eigenvalue weighted by Crippen LogP contribution is 2.48. The molecule has 0 bridgehead atoms. The molecule has 1 aromatic heterocycles. The third kappa shape index (κ3) is 2.31. The van der Waals surface area contributed by atoms with Crippen molar-refractivity contribution in [2.45, 2.75) is 31.8 Å². The lowest BCUT2D eigenvalue weighted by molar-refractivity contribution is -0.0728. The van der Waals surface area contributed by atoms with E-state index in [1.807, 2.05) is 17.8 Å². The lowest BCUT2D eigenvalue weighted by Gasteiger charge is -2.40. The Hall–Kier alpha value is -0.920. The van der Waals surface area contributed by atoms with Crippen LogP contribution in [0.15, 0.2) is 12.4 Å². The molecule has 1 N–H and O–H groups in total. The lowest BCUT2D eigenvalue weighted by atomic mass is 9.70. The molecule has 7 heteroatoms. The molecule has 1 aromatic rings. The van der Waals surface area contributed by atoms with Gasteiger partial charge in [-0.25, -0.2) is 17.7 Å². The molecule has 3 atom stereocenters. The zero-order valence-electron chi connectivity index (χ0n) is 12.6. The second-order valence-corrected chi connectivity index (χ2v) is 8.52. The summed E-state index contributed by atoms with van der Waals surface area (Å²) in [6.45, 7) is 2.61. The van der Waals surface area contributed by atoms with Crippen LogP contribution in [-0.2, 0) is 22.7 Å². The van der Waals surface area contributed by atoms with Crippen LogP contribution in [0.2, 0.25) is 0 Å². The van der Waals surface area contributed by atoms with Gasteiger partial charge in [-0.05, 0) is 32.1 Å². The van der Waals surface area contributed by atoms with E-state index in [9.17, 15) is 13.5 Å². The number of fused-ring (bicyclic) bond motifs is 1. The number of hydrogen-bond donors (Lipinski definition) is 1. The van der Waals surface area contributed by atoms with Crippen LogP contribution >= 0.6 is 0 Å². The molecule has 6 nitrogen and oxygen atoms in total. The number of hydrogen-bond acceptors (Lipinski definition) is 4. The van der Waals surface area contributed by atoms with E-state index in [0.717, 1.165) is 12.8 Å². The van der Waals surface area contributed by atoms with Gasteiger partial charge < -0.3 is 9.67 Å². The SMILES string of the molecule is CCS(=O)(=O)N1C[C@@H]2CCC[C@](O)(c3nccn3C)[C@@H]2C1. The Balaban J connectivity index is 1.94. The molecule has 118 valence electrons. The highest BCUT2D eigenvalue weighted by atomic mass is 32.2. The van der Waals surface area contributed by atoms with Gasteiger partial charge in [0, 0.05) is 38.4 Å². The van der Waals surface area contributed by atoms with Crippen molar-refractivity contribution in [2.75, 3.05) is 18.8 Å². The quantitative estimate of drug-likeness (QED) is 0.891. The van der Waals surface area contributed by atoms with Crippen molar-refractivity contribution in [3.05, 3.63) is 18.2 Å². The van der Waals surface area contributed by atoms with Crippen molar-refractivity contribution in [3.8, 4) is 0 Å². The second-order valence-electron chi connectivity index (χ2n) is 6.26. The predicted octanol–water partition coefficient (Wildman–Crippen LogP) is 0.689. The van der Waals surface area contributed by atoms with Crippen molar-refractivity contribution in [2.24, 2.45) is 18.9 Å². The van der Waals surface area contributed by atoms with Crippen LogP contribution in [0, 0.1) is 11.8 Å². The largest absolute Gasteiger partial charge is 0.382 e. The first-order valence-electron chi connectivity index (χ1n) is 7.56. The van der Waals surface area contributed by atoms with Crippen LogP contribution in [0.5, 0.6) is 0 Å². The minimum absolute atomic E-state index is 0.0614. The minimum atomic E-state index is -3.19. The fourth-order valence-corrected chi connectivity index (χ4v) is 5.13. The molecule has 0 spiro atoms. The maximum Gasteiger partial charge on any atom is 0.213 e. The van der Waals surface area contributed by atoms with E-state index in [2.05, 4.69) is 4.98 Å². The van der Waals surface area contributed by atoms with Gasteiger partial charge in [-0.3, -0.25) is 0 Å². The van der Waals surface area contributed by atoms with Crippen LogP contribution in [0.3, 0.4) is 0 Å². The van der Waals surface area contributed by atoms with E-state index in [0.29, 0.717) is 25.3 Å². The predicted molar refractivity (Wildman–Crippen MR) is 79.0 cm³/mol. The van der Waals surface area contributed by atoms with E-state index < -0.39 is 15.6 Å². The summed E-state index contributed by atoms with van der Waals surface area (Å²) in [5.41, 5.74) is -1.01. The molecule has 2 fully saturated rings. The monoisotopic (exact) mass is 313 g/mol. The number of nitrogens with zero attached hydrogens (tertiary/aromatic N) is 3. The van der Waals surface area contributed by atoms with Crippen molar-refractivity contribution in [1.29, 1.82) is 0 Å². The van der Waals surface area contributed by atoms with Gasteiger partial charge in [0.05, 0.1) is 5.75 Å². The molecule has 1 aliphatic carbocycles. The summed E-state index contributed by atoms with van der Waals surface area (Å²) in [4.78, 5) is 4.32. The van der Waals surface area contributed by atoms with Gasteiger partial charge in [-0.1, -0.05) is 0 Å². The van der Waals surface area contributed by atoms with Crippen LogP contribution in [0.1, 0.15) is 32.0 Å². The second kappa shape index (κ2) is 5.07. The maximum atomic E-state index is 12.1. The molecular formula is C14H23N3O3S. The Labute approximate surface area is 125 Å². The summed E-state index contributed by atoms with van der Waals surface area (Å²) in [6, 6.07) is 0. The molecular weight excluding hydrogens is 290 g/mol. The van der Waals surface area contributed by atoms with E-state index in [1.54, 1.807) is 17.4 Å². The third-order valence-electron chi connectivity index (χ3n) is 5.12. The summed E-state index contributed by atoms with van der Waals surface area (Å²) < 4.78 is 27.7. The number of aryl methyl sites for hydroxylation is 1. The highest BCUT2D eigenvalue weighted by molar-refractivity contribution is 7.89. The summed E-state index contributed by atoms with van der Waals surface area (Å²) in [7, 11) is -1.32. The molecule has 0 unspecified atom stereocenters. The summed E-state index contributed by atoms with van der Waals surface area (Å²) in [5.74, 6) is 0.941. The molecule has 3 rings (SSSR count). The number of rotatable bonds is 3. The van der Waals surface area contributed by atoms with E-state index >= 15 is 0 Å². The summed E-state index contributed by atoms with van der Waals surface area (Å²) >= 11 is 0. The zero-order valence-corrected chi connectivity index (χ0v) is 13.4. The normalized spacial score (nSPS) is 34.0. The van der Waals surface area contributed by atoms with E-state index in [-0.39, 0.29) is 17.6 Å². The molecule has 0 aromatic carbocycles. The van der Waals surface area contributed by atoms with Crippen molar-refractivity contribution >= 4 is 10.0 Å². The van der Waals surface area contributed by atoms with Crippen LogP contribution in [-0.4, -0.2) is 46.2 Å². The highest BCUT2D eigenvalue weighted by Gasteiger charge is 2.53. The topological polar surface area (TPSA) is 75.4 Å². The van der Waals surface area contributed by atoms with E-state index in [4.69, 9.17) is 0 Å². The van der Waals surface area contributed by atoms with Gasteiger partial charge >= 0.3 is 0 Å². The molecule has 2 aliphatic rings. The minimum Gasteiger partial charge on any atom is -0.382 e. The molecule has 2 heterocycles. The zero-order chi connectivity index (χ0) is 15.3. The van der Waals surface area contributed by atoms with Crippen molar-refractivity contribution in [3.63, 3.8) is 0 Å². The first-order valence-corrected chi connectivity index (χ1v) is 9.17. The molecule has 21 heavy (non-hydrogen) atoms. The van der Waals surface area contributed by atoms with Gasteiger partial charge in [0.2, 0.25) is 10.0 Å². The maximum absolute atomic E-state index is 12.1. The Morgan fingerprint density at radius 3 is 2.86 bits per heavy atom. The molecule has 0 radical (unpaired) electrons. The smallest absolute Gasteiger partial charge is 0.213 e. The number of imidazole rings is 1. The average Bonchev–Trinajstić information content (AvgIpc) is 3.06. The van der Waals surface area contributed by atoms with Gasteiger partial charge in [0.15, 0.2) is 0 Å².